The van der Waals surface area contributed by atoms with Crippen molar-refractivity contribution < 1.29 is 9.53 Å². The van der Waals surface area contributed by atoms with Gasteiger partial charge in [0.15, 0.2) is 5.78 Å². The highest BCUT2D eigenvalue weighted by molar-refractivity contribution is 5.99. The first-order valence-corrected chi connectivity index (χ1v) is 5.83. The Balaban J connectivity index is 2.78. The van der Waals surface area contributed by atoms with Crippen LogP contribution in [-0.2, 0) is 9.53 Å². The Bertz CT molecular complexity index is 262. The average Bonchev–Trinajstić information content (AvgIpc) is 2.26. The largest absolute Gasteiger partial charge is 0.498 e. The molecule has 86 valence electrons. The van der Waals surface area contributed by atoms with E-state index in [0.717, 1.165) is 31.3 Å². The van der Waals surface area contributed by atoms with Crippen LogP contribution in [0, 0.1) is 5.41 Å². The second-order valence-corrected chi connectivity index (χ2v) is 5.25. The van der Waals surface area contributed by atoms with Gasteiger partial charge in [-0.1, -0.05) is 20.3 Å². The van der Waals surface area contributed by atoms with Gasteiger partial charge >= 0.3 is 0 Å². The number of rotatable bonds is 2. The molecule has 0 aromatic rings. The number of ether oxygens (including phenoxy) is 1. The minimum Gasteiger partial charge on any atom is -0.498 e. The molecule has 0 unspecified atom stereocenters. The zero-order chi connectivity index (χ0) is 11.5. The van der Waals surface area contributed by atoms with Gasteiger partial charge in [-0.05, 0) is 33.1 Å². The second-order valence-electron chi connectivity index (χ2n) is 5.25. The SMILES string of the molecule is CC(C)O/C=C1/CCCCC(C)(C)C1=O. The van der Waals surface area contributed by atoms with Gasteiger partial charge in [0.05, 0.1) is 12.4 Å². The molecule has 0 spiro atoms. The molecule has 0 radical (unpaired) electrons. The molecule has 2 nitrogen and oxygen atoms in total. The van der Waals surface area contributed by atoms with E-state index in [-0.39, 0.29) is 17.3 Å². The van der Waals surface area contributed by atoms with Gasteiger partial charge in [-0.25, -0.2) is 0 Å². The summed E-state index contributed by atoms with van der Waals surface area (Å²) in [5.41, 5.74) is 0.661. The summed E-state index contributed by atoms with van der Waals surface area (Å²) in [7, 11) is 0. The smallest absolute Gasteiger partial charge is 0.167 e. The van der Waals surface area contributed by atoms with Crippen LogP contribution in [0.5, 0.6) is 0 Å². The first-order chi connectivity index (χ1) is 6.93. The molecule has 0 atom stereocenters. The summed E-state index contributed by atoms with van der Waals surface area (Å²) in [4.78, 5) is 12.1. The highest BCUT2D eigenvalue weighted by Gasteiger charge is 2.32. The van der Waals surface area contributed by atoms with Crippen molar-refractivity contribution in [2.75, 3.05) is 0 Å². The van der Waals surface area contributed by atoms with E-state index in [9.17, 15) is 4.79 Å². The maximum atomic E-state index is 12.1. The summed E-state index contributed by atoms with van der Waals surface area (Å²) in [6, 6.07) is 0. The van der Waals surface area contributed by atoms with Gasteiger partial charge < -0.3 is 4.74 Å². The molecule has 0 saturated heterocycles. The highest BCUT2D eigenvalue weighted by Crippen LogP contribution is 2.33. The molecule has 1 saturated carbocycles. The van der Waals surface area contributed by atoms with Crippen LogP contribution in [0.4, 0.5) is 0 Å². The lowest BCUT2D eigenvalue weighted by Gasteiger charge is -2.21. The second kappa shape index (κ2) is 4.82. The van der Waals surface area contributed by atoms with E-state index < -0.39 is 0 Å². The summed E-state index contributed by atoms with van der Waals surface area (Å²) >= 11 is 0. The zero-order valence-corrected chi connectivity index (χ0v) is 10.3. The van der Waals surface area contributed by atoms with Crippen molar-refractivity contribution in [3.63, 3.8) is 0 Å². The average molecular weight is 210 g/mol. The van der Waals surface area contributed by atoms with Gasteiger partial charge in [0.25, 0.3) is 0 Å². The van der Waals surface area contributed by atoms with E-state index in [1.165, 1.54) is 0 Å². The molecular weight excluding hydrogens is 188 g/mol. The summed E-state index contributed by atoms with van der Waals surface area (Å²) in [6.45, 7) is 8.01. The highest BCUT2D eigenvalue weighted by atomic mass is 16.5. The summed E-state index contributed by atoms with van der Waals surface area (Å²) in [5, 5.41) is 0. The van der Waals surface area contributed by atoms with E-state index in [4.69, 9.17) is 4.74 Å². The monoisotopic (exact) mass is 210 g/mol. The lowest BCUT2D eigenvalue weighted by molar-refractivity contribution is -0.123. The van der Waals surface area contributed by atoms with Gasteiger partial charge in [-0.3, -0.25) is 4.79 Å². The van der Waals surface area contributed by atoms with E-state index in [1.54, 1.807) is 6.26 Å². The van der Waals surface area contributed by atoms with E-state index in [0.29, 0.717) is 0 Å². The van der Waals surface area contributed by atoms with Crippen LogP contribution >= 0.6 is 0 Å². The molecule has 0 aromatic carbocycles. The molecule has 0 aliphatic heterocycles. The lowest BCUT2D eigenvalue weighted by Crippen LogP contribution is -2.24. The number of carbonyl (C=O) groups is 1. The van der Waals surface area contributed by atoms with Gasteiger partial charge in [0, 0.05) is 11.0 Å². The minimum atomic E-state index is -0.206. The fourth-order valence-electron chi connectivity index (χ4n) is 1.87. The van der Waals surface area contributed by atoms with Gasteiger partial charge in [-0.15, -0.1) is 0 Å². The van der Waals surface area contributed by atoms with Crippen molar-refractivity contribution in [1.82, 2.24) is 0 Å². The Kier molecular flexibility index (Phi) is 3.95. The topological polar surface area (TPSA) is 26.3 Å². The molecule has 0 N–H and O–H groups in total. The maximum Gasteiger partial charge on any atom is 0.167 e. The Labute approximate surface area is 92.7 Å². The van der Waals surface area contributed by atoms with Crippen molar-refractivity contribution >= 4 is 5.78 Å². The number of hydrogen-bond donors (Lipinski definition) is 0. The van der Waals surface area contributed by atoms with Crippen LogP contribution in [-0.4, -0.2) is 11.9 Å². The van der Waals surface area contributed by atoms with Gasteiger partial charge in [0.1, 0.15) is 0 Å². The Hall–Kier alpha value is -0.790. The van der Waals surface area contributed by atoms with Gasteiger partial charge in [-0.2, -0.15) is 0 Å². The fourth-order valence-corrected chi connectivity index (χ4v) is 1.87. The quantitative estimate of drug-likeness (QED) is 0.396. The zero-order valence-electron chi connectivity index (χ0n) is 10.3. The lowest BCUT2D eigenvalue weighted by atomic mass is 9.82. The van der Waals surface area contributed by atoms with Gasteiger partial charge in [0.2, 0.25) is 0 Å². The number of allylic oxidation sites excluding steroid dienone is 1. The fraction of sp³-hybridized carbons (Fsp3) is 0.769. The van der Waals surface area contributed by atoms with Crippen LogP contribution in [0.25, 0.3) is 0 Å². The van der Waals surface area contributed by atoms with Crippen LogP contribution in [0.3, 0.4) is 0 Å². The molecule has 0 heterocycles. The first-order valence-electron chi connectivity index (χ1n) is 5.83. The van der Waals surface area contributed by atoms with Crippen molar-refractivity contribution in [1.29, 1.82) is 0 Å². The third-order valence-electron chi connectivity index (χ3n) is 2.89. The molecule has 1 aliphatic rings. The van der Waals surface area contributed by atoms with Crippen LogP contribution in [0.2, 0.25) is 0 Å². The third-order valence-corrected chi connectivity index (χ3v) is 2.89. The summed E-state index contributed by atoms with van der Waals surface area (Å²) < 4.78 is 5.42. The Morgan fingerprint density at radius 1 is 1.33 bits per heavy atom. The summed E-state index contributed by atoms with van der Waals surface area (Å²) in [5.74, 6) is 0.264. The van der Waals surface area contributed by atoms with Crippen LogP contribution in [0.1, 0.15) is 53.4 Å². The normalized spacial score (nSPS) is 24.3. The van der Waals surface area contributed by atoms with Crippen LogP contribution < -0.4 is 0 Å². The molecule has 0 amide bonds. The summed E-state index contributed by atoms with van der Waals surface area (Å²) in [6.07, 6.45) is 5.93. The number of carbonyl (C=O) groups excluding carboxylic acids is 1. The molecular formula is C13H22O2. The standard InChI is InChI=1S/C13H22O2/c1-10(2)15-9-11-7-5-6-8-13(3,4)12(11)14/h9-10H,5-8H2,1-4H3/b11-9-. The van der Waals surface area contributed by atoms with Crippen molar-refractivity contribution in [2.45, 2.75) is 59.5 Å². The molecule has 2 heteroatoms. The Morgan fingerprint density at radius 2 is 2.00 bits per heavy atom. The predicted molar refractivity (Wildman–Crippen MR) is 61.6 cm³/mol. The molecule has 1 rings (SSSR count). The number of Topliss-reactive ketones (excluding diaryl/α,β-unsaturated/α-hetero) is 1. The van der Waals surface area contributed by atoms with Crippen molar-refractivity contribution in [2.24, 2.45) is 5.41 Å². The predicted octanol–water partition coefficient (Wildman–Crippen LogP) is 3.46. The minimum absolute atomic E-state index is 0.150. The number of ketones is 1. The van der Waals surface area contributed by atoms with Crippen molar-refractivity contribution in [3.8, 4) is 0 Å². The number of hydrogen-bond acceptors (Lipinski definition) is 2. The third kappa shape index (κ3) is 3.37. The molecule has 0 bridgehead atoms. The molecule has 1 fully saturated rings. The maximum absolute atomic E-state index is 12.1. The molecule has 1 aliphatic carbocycles. The van der Waals surface area contributed by atoms with Crippen molar-refractivity contribution in [3.05, 3.63) is 11.8 Å². The first kappa shape index (κ1) is 12.3. The molecule has 0 aromatic heterocycles. The molecule has 15 heavy (non-hydrogen) atoms. The van der Waals surface area contributed by atoms with Crippen LogP contribution in [0.15, 0.2) is 11.8 Å². The van der Waals surface area contributed by atoms with E-state index >= 15 is 0 Å². The van der Waals surface area contributed by atoms with E-state index in [2.05, 4.69) is 0 Å². The van der Waals surface area contributed by atoms with E-state index in [1.807, 2.05) is 27.7 Å². The Morgan fingerprint density at radius 3 is 2.60 bits per heavy atom.